The van der Waals surface area contributed by atoms with Crippen molar-refractivity contribution in [3.63, 3.8) is 0 Å². The predicted molar refractivity (Wildman–Crippen MR) is 76.3 cm³/mol. The minimum absolute atomic E-state index is 0.126. The zero-order chi connectivity index (χ0) is 13.5. The van der Waals surface area contributed by atoms with Crippen molar-refractivity contribution >= 4 is 0 Å². The summed E-state index contributed by atoms with van der Waals surface area (Å²) in [6, 6.07) is 5.21. The minimum Gasteiger partial charge on any atom is -0.321 e. The van der Waals surface area contributed by atoms with Crippen LogP contribution in [0.3, 0.4) is 0 Å². The molecule has 1 fully saturated rings. The third-order valence-corrected chi connectivity index (χ3v) is 5.47. The molecule has 0 spiro atoms. The SMILES string of the molecule is CCC1CCCCC1C1(N)CCc2cc(F)ccc21. The van der Waals surface area contributed by atoms with E-state index in [9.17, 15) is 4.39 Å². The smallest absolute Gasteiger partial charge is 0.123 e. The highest BCUT2D eigenvalue weighted by atomic mass is 19.1. The van der Waals surface area contributed by atoms with Gasteiger partial charge in [0.1, 0.15) is 5.82 Å². The Morgan fingerprint density at radius 3 is 2.89 bits per heavy atom. The molecule has 0 radical (unpaired) electrons. The van der Waals surface area contributed by atoms with Crippen LogP contribution in [0.5, 0.6) is 0 Å². The fourth-order valence-electron chi connectivity index (χ4n) is 4.46. The molecule has 104 valence electrons. The Kier molecular flexibility index (Phi) is 3.38. The van der Waals surface area contributed by atoms with Crippen LogP contribution in [0.4, 0.5) is 4.39 Å². The maximum atomic E-state index is 13.4. The Balaban J connectivity index is 1.96. The van der Waals surface area contributed by atoms with Gasteiger partial charge >= 0.3 is 0 Å². The summed E-state index contributed by atoms with van der Waals surface area (Å²) in [4.78, 5) is 0. The molecule has 2 heteroatoms. The van der Waals surface area contributed by atoms with Gasteiger partial charge in [-0.15, -0.1) is 0 Å². The molecule has 1 saturated carbocycles. The van der Waals surface area contributed by atoms with Crippen molar-refractivity contribution in [1.29, 1.82) is 0 Å². The number of hydrogen-bond donors (Lipinski definition) is 1. The summed E-state index contributed by atoms with van der Waals surface area (Å²) in [5, 5.41) is 0. The average molecular weight is 261 g/mol. The highest BCUT2D eigenvalue weighted by molar-refractivity contribution is 5.39. The van der Waals surface area contributed by atoms with E-state index in [4.69, 9.17) is 5.73 Å². The first kappa shape index (κ1) is 13.1. The molecular weight excluding hydrogens is 237 g/mol. The molecule has 19 heavy (non-hydrogen) atoms. The van der Waals surface area contributed by atoms with Gasteiger partial charge in [0.2, 0.25) is 0 Å². The minimum atomic E-state index is -0.204. The molecule has 0 heterocycles. The standard InChI is InChI=1S/C17H24FN/c1-2-12-5-3-4-6-15(12)17(19)10-9-13-11-14(18)7-8-16(13)17/h7-8,11-12,15H,2-6,9-10,19H2,1H3. The second-order valence-corrected chi connectivity index (χ2v) is 6.40. The lowest BCUT2D eigenvalue weighted by Crippen LogP contribution is -2.46. The van der Waals surface area contributed by atoms with Crippen LogP contribution in [0.25, 0.3) is 0 Å². The van der Waals surface area contributed by atoms with Crippen LogP contribution < -0.4 is 5.73 Å². The Bertz CT molecular complexity index is 470. The van der Waals surface area contributed by atoms with Gasteiger partial charge in [0, 0.05) is 5.54 Å². The molecule has 0 aromatic heterocycles. The lowest BCUT2D eigenvalue weighted by Gasteiger charge is -2.43. The molecule has 0 amide bonds. The quantitative estimate of drug-likeness (QED) is 0.850. The molecule has 2 aliphatic carbocycles. The van der Waals surface area contributed by atoms with Crippen LogP contribution in [0.15, 0.2) is 18.2 Å². The molecule has 2 aliphatic rings. The van der Waals surface area contributed by atoms with Crippen molar-refractivity contribution in [2.75, 3.05) is 0 Å². The highest BCUT2D eigenvalue weighted by Crippen LogP contribution is 2.48. The summed E-state index contributed by atoms with van der Waals surface area (Å²) in [5.74, 6) is 1.20. The molecule has 0 bridgehead atoms. The van der Waals surface area contributed by atoms with E-state index in [0.717, 1.165) is 24.3 Å². The lowest BCUT2D eigenvalue weighted by molar-refractivity contribution is 0.126. The van der Waals surface area contributed by atoms with Gasteiger partial charge in [0.05, 0.1) is 0 Å². The van der Waals surface area contributed by atoms with Crippen LogP contribution >= 0.6 is 0 Å². The van der Waals surface area contributed by atoms with Gasteiger partial charge in [0.25, 0.3) is 0 Å². The van der Waals surface area contributed by atoms with Gasteiger partial charge in [-0.2, -0.15) is 0 Å². The molecule has 0 aliphatic heterocycles. The third-order valence-electron chi connectivity index (χ3n) is 5.47. The molecular formula is C17H24FN. The fraction of sp³-hybridized carbons (Fsp3) is 0.647. The first-order valence-corrected chi connectivity index (χ1v) is 7.73. The first-order valence-electron chi connectivity index (χ1n) is 7.73. The van der Waals surface area contributed by atoms with Crippen molar-refractivity contribution in [3.05, 3.63) is 35.1 Å². The number of aryl methyl sites for hydroxylation is 1. The Hall–Kier alpha value is -0.890. The van der Waals surface area contributed by atoms with E-state index in [1.54, 1.807) is 12.1 Å². The van der Waals surface area contributed by atoms with Crippen LogP contribution in [-0.4, -0.2) is 0 Å². The van der Waals surface area contributed by atoms with Crippen LogP contribution in [0.2, 0.25) is 0 Å². The first-order chi connectivity index (χ1) is 9.15. The van der Waals surface area contributed by atoms with E-state index >= 15 is 0 Å². The van der Waals surface area contributed by atoms with Crippen molar-refractivity contribution in [2.45, 2.75) is 57.4 Å². The fourth-order valence-corrected chi connectivity index (χ4v) is 4.46. The summed E-state index contributed by atoms with van der Waals surface area (Å²) < 4.78 is 13.4. The second-order valence-electron chi connectivity index (χ2n) is 6.40. The van der Waals surface area contributed by atoms with Gasteiger partial charge in [-0.25, -0.2) is 4.39 Å². The Morgan fingerprint density at radius 2 is 2.11 bits per heavy atom. The van der Waals surface area contributed by atoms with E-state index in [1.807, 2.05) is 6.07 Å². The van der Waals surface area contributed by atoms with E-state index in [0.29, 0.717) is 5.92 Å². The van der Waals surface area contributed by atoms with Crippen LogP contribution in [0.1, 0.15) is 56.6 Å². The highest BCUT2D eigenvalue weighted by Gasteiger charge is 2.45. The van der Waals surface area contributed by atoms with E-state index in [2.05, 4.69) is 6.92 Å². The maximum Gasteiger partial charge on any atom is 0.123 e. The lowest BCUT2D eigenvalue weighted by atomic mass is 9.66. The maximum absolute atomic E-state index is 13.4. The van der Waals surface area contributed by atoms with Gasteiger partial charge in [-0.1, -0.05) is 38.7 Å². The average Bonchev–Trinajstić information content (AvgIpc) is 2.77. The molecule has 2 N–H and O–H groups in total. The van der Waals surface area contributed by atoms with Gasteiger partial charge in [-0.05, 0) is 54.4 Å². The van der Waals surface area contributed by atoms with Gasteiger partial charge in [-0.3, -0.25) is 0 Å². The summed E-state index contributed by atoms with van der Waals surface area (Å²) >= 11 is 0. The van der Waals surface area contributed by atoms with Crippen LogP contribution in [0, 0.1) is 17.7 Å². The van der Waals surface area contributed by atoms with Crippen LogP contribution in [-0.2, 0) is 12.0 Å². The number of benzene rings is 1. The molecule has 1 aromatic rings. The topological polar surface area (TPSA) is 26.0 Å². The van der Waals surface area contributed by atoms with E-state index < -0.39 is 0 Å². The molecule has 3 rings (SSSR count). The predicted octanol–water partition coefficient (Wildman–Crippen LogP) is 4.14. The summed E-state index contributed by atoms with van der Waals surface area (Å²) in [6.07, 6.45) is 8.37. The summed E-state index contributed by atoms with van der Waals surface area (Å²) in [5.41, 5.74) is 9.00. The molecule has 1 aromatic carbocycles. The Labute approximate surface area is 115 Å². The van der Waals surface area contributed by atoms with Crippen molar-refractivity contribution in [1.82, 2.24) is 0 Å². The number of rotatable bonds is 2. The number of hydrogen-bond acceptors (Lipinski definition) is 1. The largest absolute Gasteiger partial charge is 0.321 e. The summed E-state index contributed by atoms with van der Waals surface area (Å²) in [7, 11) is 0. The summed E-state index contributed by atoms with van der Waals surface area (Å²) in [6.45, 7) is 2.28. The second kappa shape index (κ2) is 4.90. The Morgan fingerprint density at radius 1 is 1.32 bits per heavy atom. The number of nitrogens with two attached hydrogens (primary N) is 1. The van der Waals surface area contributed by atoms with E-state index in [1.165, 1.54) is 37.7 Å². The molecule has 1 nitrogen and oxygen atoms in total. The van der Waals surface area contributed by atoms with Gasteiger partial charge in [0.15, 0.2) is 0 Å². The zero-order valence-corrected chi connectivity index (χ0v) is 11.8. The molecule has 3 atom stereocenters. The van der Waals surface area contributed by atoms with E-state index in [-0.39, 0.29) is 11.4 Å². The monoisotopic (exact) mass is 261 g/mol. The van der Waals surface area contributed by atoms with Crippen molar-refractivity contribution < 1.29 is 4.39 Å². The van der Waals surface area contributed by atoms with Crippen molar-refractivity contribution in [2.24, 2.45) is 17.6 Å². The van der Waals surface area contributed by atoms with Crippen molar-refractivity contribution in [3.8, 4) is 0 Å². The van der Waals surface area contributed by atoms with Gasteiger partial charge < -0.3 is 5.73 Å². The zero-order valence-electron chi connectivity index (χ0n) is 11.8. The third kappa shape index (κ3) is 2.10. The molecule has 3 unspecified atom stereocenters. The normalized spacial score (nSPS) is 34.3. The number of halogens is 1. The molecule has 0 saturated heterocycles. The number of fused-ring (bicyclic) bond motifs is 1.